The molecule has 6 nitrogen and oxygen atoms in total. The summed E-state index contributed by atoms with van der Waals surface area (Å²) in [7, 11) is 0. The first-order valence-corrected chi connectivity index (χ1v) is 7.37. The second-order valence-corrected chi connectivity index (χ2v) is 5.66. The van der Waals surface area contributed by atoms with Crippen molar-refractivity contribution in [2.45, 2.75) is 25.6 Å². The van der Waals surface area contributed by atoms with Crippen molar-refractivity contribution in [3.8, 4) is 5.69 Å². The van der Waals surface area contributed by atoms with Crippen LogP contribution in [-0.2, 0) is 4.79 Å². The van der Waals surface area contributed by atoms with Crippen LogP contribution in [0, 0.1) is 6.92 Å². The van der Waals surface area contributed by atoms with E-state index in [1.165, 1.54) is 11.6 Å². The molecule has 1 amide bonds. The Labute approximate surface area is 145 Å². The number of nitrogens with one attached hydrogen (secondary N) is 1. The summed E-state index contributed by atoms with van der Waals surface area (Å²) >= 11 is 5.89. The van der Waals surface area contributed by atoms with Crippen molar-refractivity contribution in [1.29, 1.82) is 0 Å². The fourth-order valence-corrected chi connectivity index (χ4v) is 2.35. The monoisotopic (exact) mass is 375 g/mol. The molecule has 0 saturated carbocycles. The smallest absolute Gasteiger partial charge is 0.391 e. The van der Waals surface area contributed by atoms with Gasteiger partial charge in [-0.15, -0.1) is 0 Å². The van der Waals surface area contributed by atoms with Crippen LogP contribution in [0.2, 0.25) is 5.02 Å². The normalized spacial score (nSPS) is 12.7. The molecular weight excluding hydrogens is 363 g/mol. The molecule has 0 bridgehead atoms. The Balaban J connectivity index is 2.24. The van der Waals surface area contributed by atoms with Crippen LogP contribution in [0.5, 0.6) is 0 Å². The van der Waals surface area contributed by atoms with Gasteiger partial charge >= 0.3 is 12.1 Å². The van der Waals surface area contributed by atoms with Gasteiger partial charge in [-0.2, -0.15) is 18.3 Å². The van der Waals surface area contributed by atoms with E-state index in [2.05, 4.69) is 5.10 Å². The van der Waals surface area contributed by atoms with E-state index >= 15 is 0 Å². The topological polar surface area (TPSA) is 84.2 Å². The molecule has 1 heterocycles. The number of hydrogen-bond donors (Lipinski definition) is 2. The predicted octanol–water partition coefficient (Wildman–Crippen LogP) is 2.97. The minimum absolute atomic E-state index is 0.0339. The summed E-state index contributed by atoms with van der Waals surface area (Å²) in [5.41, 5.74) is 0.846. The van der Waals surface area contributed by atoms with Gasteiger partial charge in [-0.3, -0.25) is 4.79 Å². The molecule has 0 aliphatic heterocycles. The highest BCUT2D eigenvalue weighted by Crippen LogP contribution is 2.22. The molecule has 10 heteroatoms. The molecule has 1 aromatic carbocycles. The maximum Gasteiger partial charge on any atom is 0.391 e. The van der Waals surface area contributed by atoms with Gasteiger partial charge in [0.25, 0.3) is 5.91 Å². The largest absolute Gasteiger partial charge is 0.480 e. The maximum absolute atomic E-state index is 12.4. The van der Waals surface area contributed by atoms with E-state index in [0.717, 1.165) is 6.20 Å². The molecule has 1 unspecified atom stereocenters. The van der Waals surface area contributed by atoms with Gasteiger partial charge in [-0.25, -0.2) is 9.48 Å². The van der Waals surface area contributed by atoms with E-state index in [9.17, 15) is 22.8 Å². The number of nitrogens with zero attached hydrogens (tertiary/aromatic N) is 2. The zero-order valence-electron chi connectivity index (χ0n) is 12.8. The number of aromatic nitrogens is 2. The van der Waals surface area contributed by atoms with Crippen molar-refractivity contribution in [2.24, 2.45) is 0 Å². The zero-order valence-corrected chi connectivity index (χ0v) is 13.6. The van der Waals surface area contributed by atoms with E-state index in [-0.39, 0.29) is 5.56 Å². The molecule has 2 aromatic rings. The number of alkyl halides is 3. The van der Waals surface area contributed by atoms with Gasteiger partial charge in [0.05, 0.1) is 29.6 Å². The van der Waals surface area contributed by atoms with Crippen LogP contribution in [0.15, 0.2) is 30.5 Å². The van der Waals surface area contributed by atoms with Crippen LogP contribution in [0.1, 0.15) is 22.5 Å². The fourth-order valence-electron chi connectivity index (χ4n) is 2.17. The average Bonchev–Trinajstić information content (AvgIpc) is 2.86. The van der Waals surface area contributed by atoms with E-state index < -0.39 is 30.5 Å². The van der Waals surface area contributed by atoms with Crippen molar-refractivity contribution in [3.05, 3.63) is 46.7 Å². The molecule has 0 aliphatic rings. The molecule has 2 N–H and O–H groups in total. The third-order valence-electron chi connectivity index (χ3n) is 3.35. The number of rotatable bonds is 5. The Morgan fingerprint density at radius 3 is 2.64 bits per heavy atom. The Kier molecular flexibility index (Phi) is 5.36. The lowest BCUT2D eigenvalue weighted by atomic mass is 10.1. The van der Waals surface area contributed by atoms with Gasteiger partial charge in [-0.1, -0.05) is 17.7 Å². The number of carboxylic acid groups (broad SMARTS) is 1. The third-order valence-corrected chi connectivity index (χ3v) is 3.58. The quantitative estimate of drug-likeness (QED) is 0.841. The van der Waals surface area contributed by atoms with Gasteiger partial charge in [0.2, 0.25) is 0 Å². The van der Waals surface area contributed by atoms with Crippen LogP contribution in [0.3, 0.4) is 0 Å². The minimum Gasteiger partial charge on any atom is -0.480 e. The maximum atomic E-state index is 12.4. The molecular formula is C15H13ClF3N3O3. The molecule has 1 atom stereocenters. The van der Waals surface area contributed by atoms with Gasteiger partial charge in [0.1, 0.15) is 6.04 Å². The van der Waals surface area contributed by atoms with E-state index in [1.807, 2.05) is 5.32 Å². The highest BCUT2D eigenvalue weighted by Gasteiger charge is 2.36. The molecule has 0 aliphatic carbocycles. The lowest BCUT2D eigenvalue weighted by Gasteiger charge is -2.16. The fraction of sp³-hybridized carbons (Fsp3) is 0.267. The average molecular weight is 376 g/mol. The third kappa shape index (κ3) is 4.72. The summed E-state index contributed by atoms with van der Waals surface area (Å²) in [5.74, 6) is -2.73. The van der Waals surface area contributed by atoms with E-state index in [4.69, 9.17) is 16.7 Å². The molecule has 2 rings (SSSR count). The zero-order chi connectivity index (χ0) is 18.8. The molecule has 0 saturated heterocycles. The highest BCUT2D eigenvalue weighted by atomic mass is 35.5. The lowest BCUT2D eigenvalue weighted by Crippen LogP contribution is -2.43. The summed E-state index contributed by atoms with van der Waals surface area (Å²) < 4.78 is 38.6. The number of carbonyl (C=O) groups is 2. The van der Waals surface area contributed by atoms with Crippen molar-refractivity contribution in [3.63, 3.8) is 0 Å². The van der Waals surface area contributed by atoms with Gasteiger partial charge in [-0.05, 0) is 25.1 Å². The summed E-state index contributed by atoms with van der Waals surface area (Å²) in [6, 6.07) is 4.50. The van der Waals surface area contributed by atoms with Gasteiger partial charge in [0, 0.05) is 5.02 Å². The molecule has 1 aromatic heterocycles. The van der Waals surface area contributed by atoms with Crippen molar-refractivity contribution in [2.75, 3.05) is 0 Å². The van der Waals surface area contributed by atoms with Crippen molar-refractivity contribution in [1.82, 2.24) is 15.1 Å². The SMILES string of the molecule is Cc1c(C(=O)NC(CC(F)(F)F)C(=O)O)cnn1-c1cccc(Cl)c1. The Morgan fingerprint density at radius 2 is 2.08 bits per heavy atom. The standard InChI is InChI=1S/C15H13ClF3N3O3/c1-8-11(7-20-22(8)10-4-2-3-9(16)5-10)13(23)21-12(14(24)25)6-15(17,18)19/h2-5,7,12H,6H2,1H3,(H,21,23)(H,24,25). The van der Waals surface area contributed by atoms with Crippen LogP contribution < -0.4 is 5.32 Å². The Bertz CT molecular complexity index is 805. The second-order valence-electron chi connectivity index (χ2n) is 5.22. The summed E-state index contributed by atoms with van der Waals surface area (Å²) in [4.78, 5) is 23.1. The molecule has 0 fully saturated rings. The summed E-state index contributed by atoms with van der Waals surface area (Å²) in [5, 5.41) is 15.2. The number of benzene rings is 1. The minimum atomic E-state index is -4.73. The first-order chi connectivity index (χ1) is 11.6. The second kappa shape index (κ2) is 7.14. The number of carboxylic acids is 1. The van der Waals surface area contributed by atoms with Crippen molar-refractivity contribution >= 4 is 23.5 Å². The lowest BCUT2D eigenvalue weighted by molar-refractivity contribution is -0.157. The predicted molar refractivity (Wildman–Crippen MR) is 82.9 cm³/mol. The first kappa shape index (κ1) is 18.8. The summed E-state index contributed by atoms with van der Waals surface area (Å²) in [6.07, 6.45) is -5.25. The number of halogens is 4. The molecule has 25 heavy (non-hydrogen) atoms. The van der Waals surface area contributed by atoms with Crippen LogP contribution in [-0.4, -0.2) is 39.0 Å². The summed E-state index contributed by atoms with van der Waals surface area (Å²) in [6.45, 7) is 1.53. The number of amides is 1. The van der Waals surface area contributed by atoms with Crippen molar-refractivity contribution < 1.29 is 27.9 Å². The highest BCUT2D eigenvalue weighted by molar-refractivity contribution is 6.30. The number of aliphatic carboxylic acids is 1. The molecule has 134 valence electrons. The van der Waals surface area contributed by atoms with E-state index in [1.54, 1.807) is 24.3 Å². The molecule has 0 radical (unpaired) electrons. The number of carbonyl (C=O) groups excluding carboxylic acids is 1. The van der Waals surface area contributed by atoms with E-state index in [0.29, 0.717) is 16.4 Å². The van der Waals surface area contributed by atoms with Gasteiger partial charge in [0.15, 0.2) is 0 Å². The first-order valence-electron chi connectivity index (χ1n) is 6.99. The molecule has 0 spiro atoms. The van der Waals surface area contributed by atoms with Crippen LogP contribution in [0.4, 0.5) is 13.2 Å². The Morgan fingerprint density at radius 1 is 1.40 bits per heavy atom. The van der Waals surface area contributed by atoms with Crippen LogP contribution in [0.25, 0.3) is 5.69 Å². The number of hydrogen-bond acceptors (Lipinski definition) is 3. The Hall–Kier alpha value is -2.55. The van der Waals surface area contributed by atoms with Gasteiger partial charge < -0.3 is 10.4 Å². The van der Waals surface area contributed by atoms with Crippen LogP contribution >= 0.6 is 11.6 Å².